The van der Waals surface area contributed by atoms with Crippen LogP contribution in [0.5, 0.6) is 11.5 Å². The van der Waals surface area contributed by atoms with Crippen LogP contribution in [0.2, 0.25) is 0 Å². The third-order valence-corrected chi connectivity index (χ3v) is 14.9. The van der Waals surface area contributed by atoms with Gasteiger partial charge in [0, 0.05) is 89.8 Å². The van der Waals surface area contributed by atoms with Gasteiger partial charge in [0.05, 0.1) is 30.8 Å². The van der Waals surface area contributed by atoms with E-state index < -0.39 is 8.53 Å². The van der Waals surface area contributed by atoms with E-state index in [1.165, 1.54) is 46.1 Å². The molecule has 3 aromatic carbocycles. The van der Waals surface area contributed by atoms with Crippen molar-refractivity contribution in [3.05, 3.63) is 85.9 Å². The maximum Gasteiger partial charge on any atom is 0.259 e. The Balaban J connectivity index is 1.10. The topological polar surface area (TPSA) is 81.3 Å². The van der Waals surface area contributed by atoms with E-state index in [0.29, 0.717) is 26.1 Å². The van der Waals surface area contributed by atoms with Gasteiger partial charge in [-0.2, -0.15) is 5.26 Å². The zero-order valence-corrected chi connectivity index (χ0v) is 34.6. The lowest BCUT2D eigenvalue weighted by Gasteiger charge is -2.40. The number of hydrogen-bond acceptors (Lipinski definition) is 7. The molecule has 0 aliphatic carbocycles. The summed E-state index contributed by atoms with van der Waals surface area (Å²) in [6, 6.07) is 15.9. The highest BCUT2D eigenvalue weighted by Crippen LogP contribution is 2.50. The summed E-state index contributed by atoms with van der Waals surface area (Å²) < 4.78 is 25.1. The Morgan fingerprint density at radius 2 is 1.62 bits per heavy atom. The summed E-state index contributed by atoms with van der Waals surface area (Å²) in [5, 5.41) is 11.7. The number of nitriles is 1. The second-order valence-electron chi connectivity index (χ2n) is 17.0. The predicted octanol–water partition coefficient (Wildman–Crippen LogP) is 7.02. The Morgan fingerprint density at radius 1 is 0.911 bits per heavy atom. The molecule has 294 valence electrons. The summed E-state index contributed by atoms with van der Waals surface area (Å²) in [5.41, 5.74) is 11.1. The van der Waals surface area contributed by atoms with Crippen molar-refractivity contribution in [1.82, 2.24) is 14.1 Å². The average molecular weight is 775 g/mol. The van der Waals surface area contributed by atoms with Crippen molar-refractivity contribution in [2.75, 3.05) is 50.8 Å². The van der Waals surface area contributed by atoms with Gasteiger partial charge in [-0.25, -0.2) is 9.25 Å². The lowest BCUT2D eigenvalue weighted by atomic mass is 9.81. The lowest BCUT2D eigenvalue weighted by molar-refractivity contribution is 0.0543. The summed E-state index contributed by atoms with van der Waals surface area (Å²) in [6.45, 7) is 14.7. The van der Waals surface area contributed by atoms with Crippen molar-refractivity contribution in [2.24, 2.45) is 0 Å². The SMILES string of the molecule is CC(C)N(C(C)C)P(OCCC#N)OC1CCN(C(=O)c2ccccc2C2=c3cc4c5c(c3Oc3c2cc2c6c3CCCN6CCC2)CCC[N+]=5CCC4)CC1. The summed E-state index contributed by atoms with van der Waals surface area (Å²) in [4.78, 5) is 19.5. The van der Waals surface area contributed by atoms with Crippen LogP contribution in [0, 0.1) is 11.3 Å². The zero-order valence-electron chi connectivity index (χ0n) is 33.7. The molecule has 1 saturated heterocycles. The molecule has 0 radical (unpaired) electrons. The molecular formula is C46H57N5O4P+. The molecule has 9 rings (SSSR count). The quantitative estimate of drug-likeness (QED) is 0.0974. The van der Waals surface area contributed by atoms with Gasteiger partial charge in [0.2, 0.25) is 5.36 Å². The van der Waals surface area contributed by atoms with E-state index in [-0.39, 0.29) is 24.1 Å². The van der Waals surface area contributed by atoms with E-state index >= 15 is 0 Å². The molecule has 0 N–H and O–H groups in total. The molecular weight excluding hydrogens is 718 g/mol. The second kappa shape index (κ2) is 15.9. The molecule has 1 amide bonds. The molecule has 6 heterocycles. The monoisotopic (exact) mass is 774 g/mol. The van der Waals surface area contributed by atoms with Crippen molar-refractivity contribution in [1.29, 1.82) is 5.26 Å². The number of benzene rings is 3. The number of likely N-dealkylation sites (tertiary alicyclic amines) is 1. The fourth-order valence-corrected chi connectivity index (χ4v) is 12.2. The third kappa shape index (κ3) is 6.75. The highest BCUT2D eigenvalue weighted by molar-refractivity contribution is 7.44. The second-order valence-corrected chi connectivity index (χ2v) is 18.4. The van der Waals surface area contributed by atoms with Crippen molar-refractivity contribution >= 4 is 25.7 Å². The van der Waals surface area contributed by atoms with E-state index in [2.05, 4.69) is 72.2 Å². The molecule has 6 aliphatic heterocycles. The maximum absolute atomic E-state index is 14.9. The molecule has 0 aromatic heterocycles. The number of nitrogens with zero attached hydrogens (tertiary/aromatic N) is 5. The van der Waals surface area contributed by atoms with Gasteiger partial charge in [0.1, 0.15) is 24.6 Å². The van der Waals surface area contributed by atoms with E-state index in [9.17, 15) is 10.1 Å². The van der Waals surface area contributed by atoms with E-state index in [4.69, 9.17) is 13.8 Å². The van der Waals surface area contributed by atoms with E-state index in [0.717, 1.165) is 117 Å². The minimum Gasteiger partial charge on any atom is -0.455 e. The molecule has 0 bridgehead atoms. The summed E-state index contributed by atoms with van der Waals surface area (Å²) in [6.07, 6.45) is 10.6. The van der Waals surface area contributed by atoms with Crippen LogP contribution in [0.1, 0.15) is 116 Å². The molecule has 10 heteroatoms. The van der Waals surface area contributed by atoms with E-state index in [1.807, 2.05) is 17.0 Å². The van der Waals surface area contributed by atoms with Crippen LogP contribution in [0.3, 0.4) is 0 Å². The molecule has 56 heavy (non-hydrogen) atoms. The van der Waals surface area contributed by atoms with Crippen LogP contribution in [-0.4, -0.2) is 79.5 Å². The minimum absolute atomic E-state index is 0.0171. The normalized spacial score (nSPS) is 19.3. The fourth-order valence-electron chi connectivity index (χ4n) is 10.4. The van der Waals surface area contributed by atoms with Gasteiger partial charge < -0.3 is 23.6 Å². The predicted molar refractivity (Wildman–Crippen MR) is 222 cm³/mol. The third-order valence-electron chi connectivity index (χ3n) is 12.7. The molecule has 0 saturated carbocycles. The molecule has 0 spiro atoms. The van der Waals surface area contributed by atoms with Crippen LogP contribution in [0.15, 0.2) is 36.4 Å². The van der Waals surface area contributed by atoms with Crippen LogP contribution >= 0.6 is 8.53 Å². The number of piperidine rings is 1. The first kappa shape index (κ1) is 37.8. The van der Waals surface area contributed by atoms with Crippen LogP contribution in [0.4, 0.5) is 5.69 Å². The van der Waals surface area contributed by atoms with Crippen molar-refractivity contribution < 1.29 is 18.6 Å². The fraction of sp³-hybridized carbons (Fsp3) is 0.543. The van der Waals surface area contributed by atoms with E-state index in [1.54, 1.807) is 0 Å². The Hall–Kier alpha value is -3.80. The van der Waals surface area contributed by atoms with Gasteiger partial charge in [-0.1, -0.05) is 18.2 Å². The maximum atomic E-state index is 14.9. The Labute approximate surface area is 333 Å². The van der Waals surface area contributed by atoms with Gasteiger partial charge >= 0.3 is 0 Å². The lowest BCUT2D eigenvalue weighted by Crippen LogP contribution is -2.45. The molecule has 1 fully saturated rings. The number of amides is 1. The number of rotatable bonds is 10. The number of fused-ring (bicyclic) bond motifs is 4. The number of hydrogen-bond donors (Lipinski definition) is 0. The Kier molecular flexibility index (Phi) is 10.7. The number of carbonyl (C=O) groups excluding carboxylic acids is 1. The highest BCUT2D eigenvalue weighted by Gasteiger charge is 2.38. The molecule has 3 aromatic rings. The summed E-state index contributed by atoms with van der Waals surface area (Å²) >= 11 is 0. The first-order valence-corrected chi connectivity index (χ1v) is 22.5. The number of aryl methyl sites for hydroxylation is 2. The average Bonchev–Trinajstić information content (AvgIpc) is 3.20. The van der Waals surface area contributed by atoms with Crippen LogP contribution < -0.4 is 24.8 Å². The number of ether oxygens (including phenoxy) is 1. The summed E-state index contributed by atoms with van der Waals surface area (Å²) in [7, 11) is -1.33. The summed E-state index contributed by atoms with van der Waals surface area (Å²) in [5.74, 6) is 2.12. The van der Waals surface area contributed by atoms with Gasteiger partial charge in [-0.15, -0.1) is 0 Å². The highest BCUT2D eigenvalue weighted by atomic mass is 31.2. The standard InChI is InChI=1S/C46H57N5O4P/c1-30(2)51(31(3)4)56(53-27-11-20-47)55-34-18-25-50(26-19-34)46(52)36-15-6-5-14-35(36)41-39-28-32-12-7-21-48-23-9-16-37(42(32)48)44(39)54-45-38-17-10-24-49-22-8-13-33(43(38)49)29-40(41)45/h5-6,14-15,28-31,34H,7-13,16-19,21-27H2,1-4H3/q+1. The number of anilines is 1. The minimum atomic E-state index is -1.33. The zero-order chi connectivity index (χ0) is 38.5. The number of carbonyl (C=O) groups is 1. The van der Waals surface area contributed by atoms with Crippen molar-refractivity contribution in [2.45, 2.75) is 117 Å². The van der Waals surface area contributed by atoms with Crippen molar-refractivity contribution in [3.8, 4) is 17.6 Å². The van der Waals surface area contributed by atoms with Gasteiger partial charge in [-0.3, -0.25) is 4.79 Å². The Morgan fingerprint density at radius 3 is 2.39 bits per heavy atom. The van der Waals surface area contributed by atoms with Crippen LogP contribution in [0.25, 0.3) is 5.57 Å². The molecule has 1 atom stereocenters. The first-order chi connectivity index (χ1) is 27.3. The molecule has 6 aliphatic rings. The van der Waals surface area contributed by atoms with Gasteiger partial charge in [0.25, 0.3) is 14.4 Å². The van der Waals surface area contributed by atoms with Crippen molar-refractivity contribution in [3.63, 3.8) is 0 Å². The largest absolute Gasteiger partial charge is 0.455 e. The first-order valence-electron chi connectivity index (χ1n) is 21.4. The molecule has 9 nitrogen and oxygen atoms in total. The smallest absolute Gasteiger partial charge is 0.259 e. The van der Waals surface area contributed by atoms with Gasteiger partial charge in [-0.05, 0) is 108 Å². The molecule has 1 unspecified atom stereocenters. The Bertz CT molecular complexity index is 2190. The van der Waals surface area contributed by atoms with Gasteiger partial charge in [0.15, 0.2) is 0 Å². The van der Waals surface area contributed by atoms with Crippen LogP contribution in [-0.2, 0) is 34.7 Å².